The van der Waals surface area contributed by atoms with Crippen molar-refractivity contribution in [2.75, 3.05) is 0 Å². The quantitative estimate of drug-likeness (QED) is 0.411. The normalized spacial score (nSPS) is 11.2. The van der Waals surface area contributed by atoms with Crippen LogP contribution in [-0.4, -0.2) is 0 Å². The Kier molecular flexibility index (Phi) is 7.49. The first-order chi connectivity index (χ1) is 10.8. The zero-order valence-electron chi connectivity index (χ0n) is 14.5. The highest BCUT2D eigenvalue weighted by Gasteiger charge is 2.04. The lowest BCUT2D eigenvalue weighted by Gasteiger charge is -2.11. The van der Waals surface area contributed by atoms with Gasteiger partial charge in [-0.3, -0.25) is 0 Å². The summed E-state index contributed by atoms with van der Waals surface area (Å²) in [6.07, 6.45) is 13.3. The van der Waals surface area contributed by atoms with Gasteiger partial charge in [-0.05, 0) is 47.6 Å². The van der Waals surface area contributed by atoms with Crippen molar-refractivity contribution < 1.29 is 0 Å². The first kappa shape index (κ1) is 17.1. The second-order valence-corrected chi connectivity index (χ2v) is 6.60. The minimum atomic E-state index is 1.24. The van der Waals surface area contributed by atoms with Gasteiger partial charge in [0.05, 0.1) is 0 Å². The second-order valence-electron chi connectivity index (χ2n) is 6.60. The number of hydrogen-bond acceptors (Lipinski definition) is 0. The van der Waals surface area contributed by atoms with Gasteiger partial charge in [-0.2, -0.15) is 0 Å². The summed E-state index contributed by atoms with van der Waals surface area (Å²) in [7, 11) is 0. The topological polar surface area (TPSA) is 0 Å². The van der Waals surface area contributed by atoms with E-state index in [4.69, 9.17) is 0 Å². The van der Waals surface area contributed by atoms with Crippen molar-refractivity contribution in [1.82, 2.24) is 0 Å². The van der Waals surface area contributed by atoms with Crippen molar-refractivity contribution in [2.45, 2.75) is 78.1 Å². The number of unbranched alkanes of at least 4 members (excludes halogenated alkanes) is 6. The van der Waals surface area contributed by atoms with Crippen molar-refractivity contribution >= 4 is 10.8 Å². The van der Waals surface area contributed by atoms with Gasteiger partial charge in [-0.1, -0.05) is 88.8 Å². The van der Waals surface area contributed by atoms with Crippen LogP contribution in [0.1, 0.15) is 76.3 Å². The molecule has 2 aromatic carbocycles. The first-order valence-corrected chi connectivity index (χ1v) is 9.35. The minimum Gasteiger partial charge on any atom is -0.0654 e. The molecule has 0 heteroatoms. The molecule has 0 nitrogen and oxygen atoms in total. The monoisotopic (exact) mass is 296 g/mol. The molecular formula is C22H32. The first-order valence-electron chi connectivity index (χ1n) is 9.35. The van der Waals surface area contributed by atoms with Crippen molar-refractivity contribution in [3.05, 3.63) is 47.5 Å². The van der Waals surface area contributed by atoms with Crippen molar-refractivity contribution in [1.29, 1.82) is 0 Å². The molecule has 2 aromatic rings. The van der Waals surface area contributed by atoms with Crippen molar-refractivity contribution in [3.63, 3.8) is 0 Å². The van der Waals surface area contributed by atoms with E-state index >= 15 is 0 Å². The van der Waals surface area contributed by atoms with Crippen LogP contribution in [-0.2, 0) is 12.8 Å². The summed E-state index contributed by atoms with van der Waals surface area (Å²) in [5, 5.41) is 2.90. The van der Waals surface area contributed by atoms with Crippen LogP contribution in [0.15, 0.2) is 36.4 Å². The summed E-state index contributed by atoms with van der Waals surface area (Å²) in [5.41, 5.74) is 3.11. The standard InChI is InChI=1S/C22H32/c1-3-5-7-9-13-19-17-20(14-10-8-6-4-2)22-16-12-11-15-21(22)18-19/h11-12,15-18H,3-10,13-14H2,1-2H3. The summed E-state index contributed by atoms with van der Waals surface area (Å²) in [5.74, 6) is 0. The molecule has 0 aliphatic rings. The average Bonchev–Trinajstić information content (AvgIpc) is 2.55. The molecule has 0 bridgehead atoms. The average molecular weight is 296 g/mol. The van der Waals surface area contributed by atoms with Crippen LogP contribution in [0.4, 0.5) is 0 Å². The molecule has 0 unspecified atom stereocenters. The predicted molar refractivity (Wildman–Crippen MR) is 99.6 cm³/mol. The lowest BCUT2D eigenvalue weighted by Crippen LogP contribution is -1.93. The summed E-state index contributed by atoms with van der Waals surface area (Å²) in [6, 6.07) is 13.8. The van der Waals surface area contributed by atoms with Gasteiger partial charge in [0.1, 0.15) is 0 Å². The lowest BCUT2D eigenvalue weighted by atomic mass is 9.94. The summed E-state index contributed by atoms with van der Waals surface area (Å²) in [6.45, 7) is 4.57. The van der Waals surface area contributed by atoms with Crippen LogP contribution in [0.2, 0.25) is 0 Å². The van der Waals surface area contributed by atoms with Gasteiger partial charge in [0.2, 0.25) is 0 Å². The molecule has 0 atom stereocenters. The zero-order valence-corrected chi connectivity index (χ0v) is 14.5. The third-order valence-electron chi connectivity index (χ3n) is 4.63. The van der Waals surface area contributed by atoms with Gasteiger partial charge < -0.3 is 0 Å². The van der Waals surface area contributed by atoms with E-state index in [0.717, 1.165) is 0 Å². The number of fused-ring (bicyclic) bond motifs is 1. The Balaban J connectivity index is 2.09. The Morgan fingerprint density at radius 1 is 0.682 bits per heavy atom. The van der Waals surface area contributed by atoms with Crippen LogP contribution in [0.5, 0.6) is 0 Å². The highest BCUT2D eigenvalue weighted by molar-refractivity contribution is 5.86. The van der Waals surface area contributed by atoms with E-state index in [-0.39, 0.29) is 0 Å². The molecule has 2 rings (SSSR count). The fourth-order valence-electron chi connectivity index (χ4n) is 3.31. The number of benzene rings is 2. The molecule has 0 N–H and O–H groups in total. The van der Waals surface area contributed by atoms with E-state index in [9.17, 15) is 0 Å². The maximum Gasteiger partial charge on any atom is -0.0152 e. The molecule has 0 aromatic heterocycles. The predicted octanol–water partition coefficient (Wildman–Crippen LogP) is 7.09. The highest BCUT2D eigenvalue weighted by Crippen LogP contribution is 2.24. The molecule has 0 spiro atoms. The van der Waals surface area contributed by atoms with E-state index in [1.165, 1.54) is 75.0 Å². The molecule has 22 heavy (non-hydrogen) atoms. The van der Waals surface area contributed by atoms with E-state index < -0.39 is 0 Å². The number of hydrogen-bond donors (Lipinski definition) is 0. The van der Waals surface area contributed by atoms with Gasteiger partial charge >= 0.3 is 0 Å². The van der Waals surface area contributed by atoms with Crippen LogP contribution in [0.3, 0.4) is 0 Å². The van der Waals surface area contributed by atoms with Crippen LogP contribution >= 0.6 is 0 Å². The van der Waals surface area contributed by atoms with Crippen molar-refractivity contribution in [2.24, 2.45) is 0 Å². The minimum absolute atomic E-state index is 1.24. The molecule has 0 saturated carbocycles. The Labute approximate surface area is 136 Å². The highest BCUT2D eigenvalue weighted by atomic mass is 14.1. The molecule has 0 aliphatic carbocycles. The largest absolute Gasteiger partial charge is 0.0654 e. The molecule has 0 radical (unpaired) electrons. The Morgan fingerprint density at radius 3 is 2.09 bits per heavy atom. The Morgan fingerprint density at radius 2 is 1.36 bits per heavy atom. The maximum atomic E-state index is 2.49. The summed E-state index contributed by atoms with van der Waals surface area (Å²) >= 11 is 0. The van der Waals surface area contributed by atoms with Crippen LogP contribution < -0.4 is 0 Å². The zero-order chi connectivity index (χ0) is 15.6. The maximum absolute atomic E-state index is 2.49. The van der Waals surface area contributed by atoms with Gasteiger partial charge in [-0.25, -0.2) is 0 Å². The lowest BCUT2D eigenvalue weighted by molar-refractivity contribution is 0.662. The van der Waals surface area contributed by atoms with Crippen LogP contribution in [0.25, 0.3) is 10.8 Å². The SMILES string of the molecule is CCCCCCc1cc(CCCCCC)c2ccccc2c1. The molecule has 0 fully saturated rings. The van der Waals surface area contributed by atoms with E-state index in [2.05, 4.69) is 50.2 Å². The Bertz CT molecular complexity index is 553. The van der Waals surface area contributed by atoms with Gasteiger partial charge in [0.25, 0.3) is 0 Å². The van der Waals surface area contributed by atoms with E-state index in [0.29, 0.717) is 0 Å². The van der Waals surface area contributed by atoms with Crippen molar-refractivity contribution in [3.8, 4) is 0 Å². The summed E-state index contributed by atoms with van der Waals surface area (Å²) < 4.78 is 0. The molecule has 0 amide bonds. The Hall–Kier alpha value is -1.30. The third-order valence-corrected chi connectivity index (χ3v) is 4.63. The van der Waals surface area contributed by atoms with Gasteiger partial charge in [-0.15, -0.1) is 0 Å². The third kappa shape index (κ3) is 5.16. The van der Waals surface area contributed by atoms with E-state index in [1.807, 2.05) is 0 Å². The second kappa shape index (κ2) is 9.66. The number of aryl methyl sites for hydroxylation is 2. The smallest absolute Gasteiger partial charge is 0.0152 e. The molecule has 0 heterocycles. The molecule has 0 saturated heterocycles. The van der Waals surface area contributed by atoms with Gasteiger partial charge in [0, 0.05) is 0 Å². The fourth-order valence-corrected chi connectivity index (χ4v) is 3.31. The van der Waals surface area contributed by atoms with Crippen LogP contribution in [0, 0.1) is 0 Å². The van der Waals surface area contributed by atoms with E-state index in [1.54, 1.807) is 11.1 Å². The number of rotatable bonds is 10. The molecule has 0 aliphatic heterocycles. The molecular weight excluding hydrogens is 264 g/mol. The van der Waals surface area contributed by atoms with Gasteiger partial charge in [0.15, 0.2) is 0 Å². The molecule has 120 valence electrons. The summed E-state index contributed by atoms with van der Waals surface area (Å²) in [4.78, 5) is 0. The fraction of sp³-hybridized carbons (Fsp3) is 0.545.